The molecule has 0 aromatic heterocycles. The van der Waals surface area contributed by atoms with Crippen molar-refractivity contribution >= 4 is 5.97 Å². The Bertz CT molecular complexity index is 489. The lowest BCUT2D eigenvalue weighted by Crippen LogP contribution is -2.38. The highest BCUT2D eigenvalue weighted by atomic mass is 16.4. The summed E-state index contributed by atoms with van der Waals surface area (Å²) in [5, 5.41) is 20.3. The second kappa shape index (κ2) is 5.96. The van der Waals surface area contributed by atoms with Gasteiger partial charge in [-0.2, -0.15) is 0 Å². The molecule has 0 spiro atoms. The Morgan fingerprint density at radius 1 is 1.20 bits per heavy atom. The number of carbonyl (C=O) groups is 1. The smallest absolute Gasteiger partial charge is 0.306 e. The van der Waals surface area contributed by atoms with Gasteiger partial charge in [0.05, 0.1) is 6.42 Å². The summed E-state index contributed by atoms with van der Waals surface area (Å²) in [6, 6.07) is 5.81. The first-order valence-corrected chi connectivity index (χ1v) is 7.45. The number of carboxylic acids is 1. The van der Waals surface area contributed by atoms with Crippen molar-refractivity contribution in [2.24, 2.45) is 5.92 Å². The third kappa shape index (κ3) is 3.04. The van der Waals surface area contributed by atoms with Crippen molar-refractivity contribution in [1.29, 1.82) is 0 Å². The van der Waals surface area contributed by atoms with Gasteiger partial charge in [0.15, 0.2) is 0 Å². The quantitative estimate of drug-likeness (QED) is 0.884. The molecule has 0 aliphatic heterocycles. The molecule has 1 aliphatic rings. The molecule has 1 saturated carbocycles. The monoisotopic (exact) mass is 276 g/mol. The zero-order valence-corrected chi connectivity index (χ0v) is 12.4. The van der Waals surface area contributed by atoms with E-state index in [1.807, 2.05) is 32.0 Å². The molecule has 0 radical (unpaired) electrons. The third-order valence-electron chi connectivity index (χ3n) is 4.71. The lowest BCUT2D eigenvalue weighted by Gasteiger charge is -2.38. The summed E-state index contributed by atoms with van der Waals surface area (Å²) in [6.07, 6.45) is 4.97. The number of carboxylic acid groups (broad SMARTS) is 1. The number of hydrogen-bond acceptors (Lipinski definition) is 2. The van der Waals surface area contributed by atoms with Crippen molar-refractivity contribution in [3.63, 3.8) is 0 Å². The molecule has 1 aromatic rings. The molecular weight excluding hydrogens is 252 g/mol. The first kappa shape index (κ1) is 15.0. The first-order valence-electron chi connectivity index (χ1n) is 7.45. The van der Waals surface area contributed by atoms with Crippen LogP contribution in [0.5, 0.6) is 0 Å². The van der Waals surface area contributed by atoms with Crippen LogP contribution >= 0.6 is 0 Å². The number of benzene rings is 1. The van der Waals surface area contributed by atoms with Crippen molar-refractivity contribution in [2.45, 2.75) is 58.0 Å². The van der Waals surface area contributed by atoms with E-state index in [0.717, 1.165) is 42.4 Å². The van der Waals surface area contributed by atoms with Gasteiger partial charge in [0.25, 0.3) is 0 Å². The molecule has 0 bridgehead atoms. The summed E-state index contributed by atoms with van der Waals surface area (Å²) >= 11 is 0. The summed E-state index contributed by atoms with van der Waals surface area (Å²) in [4.78, 5) is 11.2. The van der Waals surface area contributed by atoms with Crippen molar-refractivity contribution < 1.29 is 15.0 Å². The van der Waals surface area contributed by atoms with Crippen LogP contribution in [-0.2, 0) is 10.4 Å². The summed E-state index contributed by atoms with van der Waals surface area (Å²) < 4.78 is 0. The van der Waals surface area contributed by atoms with E-state index in [-0.39, 0.29) is 12.3 Å². The van der Waals surface area contributed by atoms with Crippen LogP contribution in [0.15, 0.2) is 18.2 Å². The molecule has 110 valence electrons. The standard InChI is InChI=1S/C17H24O3/c1-12-8-9-15(10-13(12)2)17(20,11-16(18)19)14-6-4-3-5-7-14/h8-10,14,20H,3-7,11H2,1-2H3,(H,18,19). The topological polar surface area (TPSA) is 57.5 Å². The van der Waals surface area contributed by atoms with E-state index in [1.165, 1.54) is 6.42 Å². The molecule has 3 nitrogen and oxygen atoms in total. The molecule has 0 heterocycles. The third-order valence-corrected chi connectivity index (χ3v) is 4.71. The van der Waals surface area contributed by atoms with Gasteiger partial charge in [0.2, 0.25) is 0 Å². The van der Waals surface area contributed by atoms with Gasteiger partial charge in [-0.15, -0.1) is 0 Å². The highest BCUT2D eigenvalue weighted by Gasteiger charge is 2.40. The predicted molar refractivity (Wildman–Crippen MR) is 78.6 cm³/mol. The number of rotatable bonds is 4. The molecular formula is C17H24O3. The van der Waals surface area contributed by atoms with Gasteiger partial charge >= 0.3 is 5.97 Å². The Kier molecular flexibility index (Phi) is 4.48. The van der Waals surface area contributed by atoms with E-state index in [4.69, 9.17) is 0 Å². The molecule has 1 atom stereocenters. The van der Waals surface area contributed by atoms with Crippen molar-refractivity contribution in [1.82, 2.24) is 0 Å². The van der Waals surface area contributed by atoms with Crippen LogP contribution in [0, 0.1) is 19.8 Å². The van der Waals surface area contributed by atoms with E-state index in [1.54, 1.807) is 0 Å². The second-order valence-electron chi connectivity index (χ2n) is 6.13. The molecule has 2 rings (SSSR count). The van der Waals surface area contributed by atoms with E-state index in [0.29, 0.717) is 0 Å². The Labute approximate surface area is 120 Å². The van der Waals surface area contributed by atoms with Crippen LogP contribution < -0.4 is 0 Å². The normalized spacial score (nSPS) is 19.6. The number of aryl methyl sites for hydroxylation is 2. The van der Waals surface area contributed by atoms with Gasteiger partial charge in [-0.1, -0.05) is 37.5 Å². The van der Waals surface area contributed by atoms with E-state index < -0.39 is 11.6 Å². The Hall–Kier alpha value is -1.35. The fourth-order valence-electron chi connectivity index (χ4n) is 3.30. The average Bonchev–Trinajstić information content (AvgIpc) is 2.42. The molecule has 3 heteroatoms. The molecule has 20 heavy (non-hydrogen) atoms. The van der Waals surface area contributed by atoms with E-state index in [2.05, 4.69) is 0 Å². The molecule has 1 aromatic carbocycles. The van der Waals surface area contributed by atoms with Gasteiger partial charge in [-0.25, -0.2) is 0 Å². The minimum absolute atomic E-state index is 0.0504. The SMILES string of the molecule is Cc1ccc(C(O)(CC(=O)O)C2CCCCC2)cc1C. The van der Waals surface area contributed by atoms with Crippen molar-refractivity contribution in [3.05, 3.63) is 34.9 Å². The van der Waals surface area contributed by atoms with Gasteiger partial charge in [-0.3, -0.25) is 4.79 Å². The molecule has 0 saturated heterocycles. The Morgan fingerprint density at radius 2 is 1.85 bits per heavy atom. The zero-order chi connectivity index (χ0) is 14.8. The largest absolute Gasteiger partial charge is 0.481 e. The average molecular weight is 276 g/mol. The van der Waals surface area contributed by atoms with Crippen molar-refractivity contribution in [2.75, 3.05) is 0 Å². The van der Waals surface area contributed by atoms with E-state index in [9.17, 15) is 15.0 Å². The van der Waals surface area contributed by atoms with Gasteiger partial charge in [-0.05, 0) is 49.3 Å². The van der Waals surface area contributed by atoms with Crippen LogP contribution in [0.4, 0.5) is 0 Å². The van der Waals surface area contributed by atoms with Gasteiger partial charge in [0.1, 0.15) is 5.60 Å². The zero-order valence-electron chi connectivity index (χ0n) is 12.4. The van der Waals surface area contributed by atoms with Gasteiger partial charge in [0, 0.05) is 0 Å². The highest BCUT2D eigenvalue weighted by Crippen LogP contribution is 2.42. The highest BCUT2D eigenvalue weighted by molar-refractivity contribution is 5.68. The minimum atomic E-state index is -1.23. The maximum atomic E-state index is 11.2. The number of aliphatic carboxylic acids is 1. The van der Waals surface area contributed by atoms with Crippen LogP contribution in [0.25, 0.3) is 0 Å². The summed E-state index contributed by atoms with van der Waals surface area (Å²) in [7, 11) is 0. The lowest BCUT2D eigenvalue weighted by molar-refractivity contribution is -0.147. The lowest BCUT2D eigenvalue weighted by atomic mass is 9.71. The van der Waals surface area contributed by atoms with Crippen LogP contribution in [-0.4, -0.2) is 16.2 Å². The summed E-state index contributed by atoms with van der Waals surface area (Å²) in [5.41, 5.74) is 1.79. The van der Waals surface area contributed by atoms with Gasteiger partial charge < -0.3 is 10.2 Å². The van der Waals surface area contributed by atoms with E-state index >= 15 is 0 Å². The van der Waals surface area contributed by atoms with Crippen LogP contribution in [0.1, 0.15) is 55.2 Å². The Balaban J connectivity index is 2.38. The predicted octanol–water partition coefficient (Wildman–Crippen LogP) is 3.55. The molecule has 1 fully saturated rings. The van der Waals surface area contributed by atoms with Crippen molar-refractivity contribution in [3.8, 4) is 0 Å². The fraction of sp³-hybridized carbons (Fsp3) is 0.588. The number of aliphatic hydroxyl groups is 1. The van der Waals surface area contributed by atoms with Crippen LogP contribution in [0.3, 0.4) is 0 Å². The van der Waals surface area contributed by atoms with Crippen LogP contribution in [0.2, 0.25) is 0 Å². The molecule has 0 amide bonds. The Morgan fingerprint density at radius 3 is 2.40 bits per heavy atom. The summed E-state index contributed by atoms with van der Waals surface area (Å²) in [5.74, 6) is -0.884. The molecule has 1 aliphatic carbocycles. The summed E-state index contributed by atoms with van der Waals surface area (Å²) in [6.45, 7) is 4.02. The minimum Gasteiger partial charge on any atom is -0.481 e. The fourth-order valence-corrected chi connectivity index (χ4v) is 3.30. The first-order chi connectivity index (χ1) is 9.43. The maximum absolute atomic E-state index is 11.2. The second-order valence-corrected chi connectivity index (χ2v) is 6.13. The number of hydrogen-bond donors (Lipinski definition) is 2. The molecule has 1 unspecified atom stereocenters. The molecule has 2 N–H and O–H groups in total. The maximum Gasteiger partial charge on any atom is 0.306 e.